The topological polar surface area (TPSA) is 61.8 Å². The molecular weight excluding hydrogens is 140 g/mol. The summed E-state index contributed by atoms with van der Waals surface area (Å²) >= 11 is 0. The molecule has 5 nitrogen and oxygen atoms in total. The molecule has 0 aromatic heterocycles. The molecule has 1 aliphatic rings. The van der Waals surface area contributed by atoms with Crippen LogP contribution in [0, 0.1) is 0 Å². The van der Waals surface area contributed by atoms with Gasteiger partial charge in [0.15, 0.2) is 0 Å². The Labute approximate surface area is 56.0 Å². The molecule has 0 aromatic carbocycles. The molecule has 0 amide bonds. The molecular formula is C5H4O5. The summed E-state index contributed by atoms with van der Waals surface area (Å²) in [5.41, 5.74) is 0. The smallest absolute Gasteiger partial charge is 0.259 e. The number of carbonyl (C=O) groups is 2. The average molecular weight is 144 g/mol. The predicted molar refractivity (Wildman–Crippen MR) is 27.0 cm³/mol. The van der Waals surface area contributed by atoms with E-state index in [1.54, 1.807) is 0 Å². The van der Waals surface area contributed by atoms with Crippen LogP contribution in [-0.2, 0) is 24.4 Å². The van der Waals surface area contributed by atoms with E-state index >= 15 is 0 Å². The highest BCUT2D eigenvalue weighted by atomic mass is 17.5. The Kier molecular flexibility index (Phi) is 2.01. The molecule has 5 heteroatoms. The van der Waals surface area contributed by atoms with Crippen molar-refractivity contribution in [1.82, 2.24) is 0 Å². The SMILES string of the molecule is O=C1/C=C\CC(=O)OOO1. The summed E-state index contributed by atoms with van der Waals surface area (Å²) in [7, 11) is 0. The van der Waals surface area contributed by atoms with Crippen LogP contribution in [0.4, 0.5) is 0 Å². The number of hydrogen-bond donors (Lipinski definition) is 0. The van der Waals surface area contributed by atoms with Crippen LogP contribution in [0.3, 0.4) is 0 Å². The van der Waals surface area contributed by atoms with Crippen LogP contribution < -0.4 is 0 Å². The van der Waals surface area contributed by atoms with Gasteiger partial charge in [0, 0.05) is 11.1 Å². The maximum Gasteiger partial charge on any atom is 0.369 e. The third kappa shape index (κ3) is 1.87. The quantitative estimate of drug-likeness (QED) is 0.443. The lowest BCUT2D eigenvalue weighted by Crippen LogP contribution is -2.10. The van der Waals surface area contributed by atoms with Gasteiger partial charge in [-0.15, -0.1) is 0 Å². The molecule has 0 saturated heterocycles. The van der Waals surface area contributed by atoms with Gasteiger partial charge in [0.2, 0.25) is 0 Å². The Morgan fingerprint density at radius 3 is 2.90 bits per heavy atom. The van der Waals surface area contributed by atoms with E-state index in [2.05, 4.69) is 14.8 Å². The van der Waals surface area contributed by atoms with E-state index in [0.29, 0.717) is 0 Å². The highest BCUT2D eigenvalue weighted by Crippen LogP contribution is 1.96. The molecule has 0 aromatic rings. The Balaban J connectivity index is 2.53. The molecule has 0 fully saturated rings. The highest BCUT2D eigenvalue weighted by Gasteiger charge is 2.08. The number of hydrogen-bond acceptors (Lipinski definition) is 5. The maximum absolute atomic E-state index is 10.4. The van der Waals surface area contributed by atoms with Crippen LogP contribution in [-0.4, -0.2) is 11.9 Å². The van der Waals surface area contributed by atoms with Crippen molar-refractivity contribution < 1.29 is 24.4 Å². The zero-order chi connectivity index (χ0) is 7.40. The fraction of sp³-hybridized carbons (Fsp3) is 0.200. The van der Waals surface area contributed by atoms with Crippen molar-refractivity contribution in [3.05, 3.63) is 12.2 Å². The lowest BCUT2D eigenvalue weighted by Gasteiger charge is -2.00. The summed E-state index contributed by atoms with van der Waals surface area (Å²) in [6, 6.07) is 0. The maximum atomic E-state index is 10.4. The van der Waals surface area contributed by atoms with E-state index in [9.17, 15) is 9.59 Å². The number of carbonyl (C=O) groups excluding carboxylic acids is 2. The largest absolute Gasteiger partial charge is 0.369 e. The van der Waals surface area contributed by atoms with Crippen LogP contribution in [0.5, 0.6) is 0 Å². The predicted octanol–water partition coefficient (Wildman–Crippen LogP) is -0.121. The van der Waals surface area contributed by atoms with E-state index in [1.807, 2.05) is 0 Å². The molecule has 10 heavy (non-hydrogen) atoms. The standard InChI is InChI=1S/C5H4O5/c6-4-2-1-3-5(7)9-10-8-4/h1-2H,3H2/b2-1-. The van der Waals surface area contributed by atoms with Gasteiger partial charge in [-0.1, -0.05) is 6.08 Å². The average Bonchev–Trinajstić information content (AvgIpc) is 1.84. The van der Waals surface area contributed by atoms with E-state index < -0.39 is 11.9 Å². The van der Waals surface area contributed by atoms with Crippen molar-refractivity contribution in [2.75, 3.05) is 0 Å². The van der Waals surface area contributed by atoms with Crippen LogP contribution in [0.2, 0.25) is 0 Å². The Morgan fingerprint density at radius 1 is 1.30 bits per heavy atom. The summed E-state index contributed by atoms with van der Waals surface area (Å²) in [4.78, 5) is 28.5. The first-order chi connectivity index (χ1) is 4.79. The van der Waals surface area contributed by atoms with E-state index in [4.69, 9.17) is 0 Å². The van der Waals surface area contributed by atoms with Gasteiger partial charge in [-0.25, -0.2) is 9.59 Å². The first-order valence-electron chi connectivity index (χ1n) is 2.53. The van der Waals surface area contributed by atoms with Gasteiger partial charge in [0.25, 0.3) is 0 Å². The molecule has 0 aliphatic carbocycles. The second-order valence-corrected chi connectivity index (χ2v) is 1.53. The van der Waals surface area contributed by atoms with Gasteiger partial charge in [-0.2, -0.15) is 0 Å². The second-order valence-electron chi connectivity index (χ2n) is 1.53. The molecule has 0 atom stereocenters. The van der Waals surface area contributed by atoms with Gasteiger partial charge in [0.1, 0.15) is 0 Å². The lowest BCUT2D eigenvalue weighted by molar-refractivity contribution is -0.457. The molecule has 0 spiro atoms. The molecule has 1 rings (SSSR count). The molecule has 0 bridgehead atoms. The molecule has 0 radical (unpaired) electrons. The van der Waals surface area contributed by atoms with Gasteiger partial charge in [-0.3, -0.25) is 9.78 Å². The lowest BCUT2D eigenvalue weighted by atomic mass is 10.4. The minimum absolute atomic E-state index is 0.00903. The van der Waals surface area contributed by atoms with Crippen LogP contribution in [0.15, 0.2) is 12.2 Å². The van der Waals surface area contributed by atoms with E-state index in [0.717, 1.165) is 6.08 Å². The summed E-state index contributed by atoms with van der Waals surface area (Å²) in [5, 5.41) is 3.75. The van der Waals surface area contributed by atoms with Gasteiger partial charge in [-0.05, 0) is 0 Å². The normalized spacial score (nSPS) is 22.0. The minimum atomic E-state index is -0.701. The van der Waals surface area contributed by atoms with Crippen LogP contribution >= 0.6 is 0 Å². The molecule has 1 heterocycles. The third-order valence-corrected chi connectivity index (χ3v) is 0.782. The fourth-order valence-electron chi connectivity index (χ4n) is 0.402. The van der Waals surface area contributed by atoms with Crippen LogP contribution in [0.1, 0.15) is 6.42 Å². The van der Waals surface area contributed by atoms with Gasteiger partial charge >= 0.3 is 11.9 Å². The summed E-state index contributed by atoms with van der Waals surface area (Å²) in [5.74, 6) is -1.31. The molecule has 1 aliphatic heterocycles. The monoisotopic (exact) mass is 144 g/mol. The highest BCUT2D eigenvalue weighted by molar-refractivity contribution is 5.83. The second kappa shape index (κ2) is 2.98. The fourth-order valence-corrected chi connectivity index (χ4v) is 0.402. The molecule has 54 valence electrons. The Hall–Kier alpha value is -1.36. The van der Waals surface area contributed by atoms with Crippen molar-refractivity contribution in [1.29, 1.82) is 0 Å². The van der Waals surface area contributed by atoms with Crippen molar-refractivity contribution in [2.24, 2.45) is 0 Å². The van der Waals surface area contributed by atoms with Crippen LogP contribution in [0.25, 0.3) is 0 Å². The molecule has 0 N–H and O–H groups in total. The Bertz CT molecular complexity index is 182. The summed E-state index contributed by atoms with van der Waals surface area (Å²) in [6.07, 6.45) is 2.42. The van der Waals surface area contributed by atoms with Crippen molar-refractivity contribution >= 4 is 11.9 Å². The molecule has 0 saturated carbocycles. The minimum Gasteiger partial charge on any atom is -0.259 e. The first-order valence-corrected chi connectivity index (χ1v) is 2.53. The van der Waals surface area contributed by atoms with Gasteiger partial charge in [0.05, 0.1) is 6.42 Å². The van der Waals surface area contributed by atoms with Crippen molar-refractivity contribution in [3.63, 3.8) is 0 Å². The summed E-state index contributed by atoms with van der Waals surface area (Å²) < 4.78 is 0. The first kappa shape index (κ1) is 6.76. The zero-order valence-electron chi connectivity index (χ0n) is 4.90. The number of rotatable bonds is 0. The third-order valence-electron chi connectivity index (χ3n) is 0.782. The van der Waals surface area contributed by atoms with E-state index in [1.165, 1.54) is 6.08 Å². The summed E-state index contributed by atoms with van der Waals surface area (Å²) in [6.45, 7) is 0. The Morgan fingerprint density at radius 2 is 2.10 bits per heavy atom. The molecule has 0 unspecified atom stereocenters. The van der Waals surface area contributed by atoms with Crippen molar-refractivity contribution in [3.8, 4) is 0 Å². The van der Waals surface area contributed by atoms with Crippen molar-refractivity contribution in [2.45, 2.75) is 6.42 Å². The van der Waals surface area contributed by atoms with Gasteiger partial charge < -0.3 is 0 Å². The van der Waals surface area contributed by atoms with E-state index in [-0.39, 0.29) is 6.42 Å². The zero-order valence-corrected chi connectivity index (χ0v) is 4.90.